The van der Waals surface area contributed by atoms with Gasteiger partial charge >= 0.3 is 0 Å². The van der Waals surface area contributed by atoms with Crippen LogP contribution in [0, 0.1) is 0 Å². The van der Waals surface area contributed by atoms with Gasteiger partial charge in [-0.25, -0.2) is 0 Å². The normalized spacial score (nSPS) is 26.0. The number of nitrogens with zero attached hydrogens (tertiary/aromatic N) is 3. The van der Waals surface area contributed by atoms with E-state index in [9.17, 15) is 4.79 Å². The van der Waals surface area contributed by atoms with Crippen molar-refractivity contribution < 1.29 is 4.79 Å². The zero-order valence-electron chi connectivity index (χ0n) is 13.0. The predicted octanol–water partition coefficient (Wildman–Crippen LogP) is 1.42. The molecule has 114 valence electrons. The van der Waals surface area contributed by atoms with E-state index in [1.807, 2.05) is 14.1 Å². The molecule has 0 spiro atoms. The second-order valence-corrected chi connectivity index (χ2v) is 6.43. The van der Waals surface area contributed by atoms with Gasteiger partial charge in [0, 0.05) is 45.8 Å². The van der Waals surface area contributed by atoms with E-state index in [4.69, 9.17) is 0 Å². The third-order valence-corrected chi connectivity index (χ3v) is 4.87. The van der Waals surface area contributed by atoms with Gasteiger partial charge in [-0.1, -0.05) is 30.3 Å². The molecule has 2 aliphatic rings. The first-order valence-corrected chi connectivity index (χ1v) is 7.87. The molecule has 2 heterocycles. The van der Waals surface area contributed by atoms with E-state index < -0.39 is 0 Å². The van der Waals surface area contributed by atoms with Crippen molar-refractivity contribution in [1.29, 1.82) is 0 Å². The van der Waals surface area contributed by atoms with Crippen LogP contribution in [-0.2, 0) is 11.3 Å². The first-order valence-electron chi connectivity index (χ1n) is 7.87. The Morgan fingerprint density at radius 2 is 1.71 bits per heavy atom. The minimum atomic E-state index is 0.220. The highest BCUT2D eigenvalue weighted by atomic mass is 16.2. The van der Waals surface area contributed by atoms with E-state index in [2.05, 4.69) is 40.1 Å². The molecule has 0 saturated carbocycles. The number of fused-ring (bicyclic) bond motifs is 1. The third-order valence-electron chi connectivity index (χ3n) is 4.87. The summed E-state index contributed by atoms with van der Waals surface area (Å²) in [5.74, 6) is 0.220. The molecule has 21 heavy (non-hydrogen) atoms. The topological polar surface area (TPSA) is 26.8 Å². The average molecular weight is 287 g/mol. The van der Waals surface area contributed by atoms with Crippen LogP contribution in [0.2, 0.25) is 0 Å². The summed E-state index contributed by atoms with van der Waals surface area (Å²) in [5, 5.41) is 0. The number of likely N-dealkylation sites (tertiary alicyclic amines) is 2. The summed E-state index contributed by atoms with van der Waals surface area (Å²) < 4.78 is 0. The zero-order valence-corrected chi connectivity index (χ0v) is 13.0. The van der Waals surface area contributed by atoms with Crippen molar-refractivity contribution in [2.24, 2.45) is 0 Å². The van der Waals surface area contributed by atoms with Gasteiger partial charge in [0.2, 0.25) is 5.91 Å². The van der Waals surface area contributed by atoms with Crippen molar-refractivity contribution in [3.05, 3.63) is 35.9 Å². The summed E-state index contributed by atoms with van der Waals surface area (Å²) in [6, 6.07) is 11.9. The van der Waals surface area contributed by atoms with Crippen molar-refractivity contribution in [2.45, 2.75) is 31.5 Å². The molecule has 2 fully saturated rings. The van der Waals surface area contributed by atoms with Crippen molar-refractivity contribution in [3.8, 4) is 0 Å². The monoisotopic (exact) mass is 287 g/mol. The summed E-state index contributed by atoms with van der Waals surface area (Å²) in [4.78, 5) is 18.6. The summed E-state index contributed by atoms with van der Waals surface area (Å²) in [6.07, 6.45) is 2.39. The molecule has 1 aromatic rings. The second-order valence-electron chi connectivity index (χ2n) is 6.43. The van der Waals surface area contributed by atoms with Crippen LogP contribution in [-0.4, -0.2) is 66.4 Å². The lowest BCUT2D eigenvalue weighted by Crippen LogP contribution is -2.41. The molecule has 2 aliphatic heterocycles. The quantitative estimate of drug-likeness (QED) is 0.838. The van der Waals surface area contributed by atoms with Crippen molar-refractivity contribution >= 4 is 5.91 Å². The fraction of sp³-hybridized carbons (Fsp3) is 0.588. The SMILES string of the molecule is CN(C)C(=O)CN1CC[C@@H]2[C@@H]1CCN2Cc1ccccc1. The summed E-state index contributed by atoms with van der Waals surface area (Å²) >= 11 is 0. The molecule has 2 atom stereocenters. The molecule has 0 bridgehead atoms. The number of benzene rings is 1. The van der Waals surface area contributed by atoms with Crippen LogP contribution in [0.15, 0.2) is 30.3 Å². The van der Waals surface area contributed by atoms with Gasteiger partial charge in [0.05, 0.1) is 6.54 Å². The van der Waals surface area contributed by atoms with Crippen LogP contribution >= 0.6 is 0 Å². The van der Waals surface area contributed by atoms with Gasteiger partial charge < -0.3 is 4.90 Å². The highest BCUT2D eigenvalue weighted by molar-refractivity contribution is 5.77. The number of hydrogen-bond donors (Lipinski definition) is 0. The van der Waals surface area contributed by atoms with Gasteiger partial charge in [0.15, 0.2) is 0 Å². The summed E-state index contributed by atoms with van der Waals surface area (Å²) in [5.41, 5.74) is 1.39. The van der Waals surface area contributed by atoms with Crippen LogP contribution in [0.5, 0.6) is 0 Å². The second kappa shape index (κ2) is 6.16. The van der Waals surface area contributed by atoms with E-state index in [-0.39, 0.29) is 5.91 Å². The Balaban J connectivity index is 1.60. The molecule has 0 radical (unpaired) electrons. The van der Waals surface area contributed by atoms with Crippen molar-refractivity contribution in [2.75, 3.05) is 33.7 Å². The minimum Gasteiger partial charge on any atom is -0.348 e. The average Bonchev–Trinajstić information content (AvgIpc) is 3.04. The maximum atomic E-state index is 11.9. The van der Waals surface area contributed by atoms with Gasteiger partial charge in [-0.2, -0.15) is 0 Å². The molecule has 4 nitrogen and oxygen atoms in total. The molecule has 0 N–H and O–H groups in total. The van der Waals surface area contributed by atoms with E-state index >= 15 is 0 Å². The number of rotatable bonds is 4. The Hall–Kier alpha value is -1.39. The van der Waals surface area contributed by atoms with E-state index in [1.54, 1.807) is 4.90 Å². The van der Waals surface area contributed by atoms with Gasteiger partial charge in [-0.05, 0) is 18.4 Å². The minimum absolute atomic E-state index is 0.220. The number of carbonyl (C=O) groups excluding carboxylic acids is 1. The molecular formula is C17H25N3O. The van der Waals surface area contributed by atoms with Gasteiger partial charge in [-0.15, -0.1) is 0 Å². The number of carbonyl (C=O) groups is 1. The van der Waals surface area contributed by atoms with Crippen LogP contribution in [0.4, 0.5) is 0 Å². The molecule has 2 saturated heterocycles. The fourth-order valence-corrected chi connectivity index (χ4v) is 3.69. The standard InChI is InChI=1S/C17H25N3O/c1-18(2)17(21)13-20-11-9-15-16(20)8-10-19(15)12-14-6-4-3-5-7-14/h3-7,15-16H,8-13H2,1-2H3/t15-,16+/m1/s1. The van der Waals surface area contributed by atoms with Crippen LogP contribution in [0.1, 0.15) is 18.4 Å². The Bertz CT molecular complexity index is 488. The fourth-order valence-electron chi connectivity index (χ4n) is 3.69. The molecule has 1 amide bonds. The van der Waals surface area contributed by atoms with Crippen LogP contribution < -0.4 is 0 Å². The lowest BCUT2D eigenvalue weighted by molar-refractivity contribution is -0.130. The lowest BCUT2D eigenvalue weighted by atomic mass is 10.1. The number of likely N-dealkylation sites (N-methyl/N-ethyl adjacent to an activating group) is 1. The van der Waals surface area contributed by atoms with E-state index in [1.165, 1.54) is 18.4 Å². The number of hydrogen-bond acceptors (Lipinski definition) is 3. The van der Waals surface area contributed by atoms with Crippen molar-refractivity contribution in [1.82, 2.24) is 14.7 Å². The van der Waals surface area contributed by atoms with Crippen molar-refractivity contribution in [3.63, 3.8) is 0 Å². The molecular weight excluding hydrogens is 262 g/mol. The third kappa shape index (κ3) is 3.11. The smallest absolute Gasteiger partial charge is 0.236 e. The molecule has 1 aromatic carbocycles. The first-order chi connectivity index (χ1) is 10.1. The Morgan fingerprint density at radius 1 is 1.10 bits per heavy atom. The van der Waals surface area contributed by atoms with Gasteiger partial charge in [0.25, 0.3) is 0 Å². The Kier molecular flexibility index (Phi) is 4.27. The lowest BCUT2D eigenvalue weighted by Gasteiger charge is -2.26. The van der Waals surface area contributed by atoms with E-state index in [0.717, 1.165) is 19.6 Å². The van der Waals surface area contributed by atoms with Crippen LogP contribution in [0.3, 0.4) is 0 Å². The predicted molar refractivity (Wildman–Crippen MR) is 83.9 cm³/mol. The Labute approximate surface area is 127 Å². The molecule has 3 rings (SSSR count). The maximum absolute atomic E-state index is 11.9. The van der Waals surface area contributed by atoms with Gasteiger partial charge in [0.1, 0.15) is 0 Å². The van der Waals surface area contributed by atoms with Crippen LogP contribution in [0.25, 0.3) is 0 Å². The molecule has 0 unspecified atom stereocenters. The van der Waals surface area contributed by atoms with Gasteiger partial charge in [-0.3, -0.25) is 14.6 Å². The molecule has 0 aliphatic carbocycles. The summed E-state index contributed by atoms with van der Waals surface area (Å²) in [7, 11) is 3.68. The molecule has 0 aromatic heterocycles. The molecule has 4 heteroatoms. The highest BCUT2D eigenvalue weighted by Gasteiger charge is 2.42. The largest absolute Gasteiger partial charge is 0.348 e. The maximum Gasteiger partial charge on any atom is 0.236 e. The Morgan fingerprint density at radius 3 is 2.38 bits per heavy atom. The zero-order chi connectivity index (χ0) is 14.8. The highest BCUT2D eigenvalue weighted by Crippen LogP contribution is 2.32. The van der Waals surface area contributed by atoms with E-state index in [0.29, 0.717) is 18.6 Å². The summed E-state index contributed by atoms with van der Waals surface area (Å²) in [6.45, 7) is 3.82. The number of amides is 1. The first kappa shape index (κ1) is 14.5.